The molecule has 1 saturated carbocycles. The van der Waals surface area contributed by atoms with Crippen LogP contribution in [0.2, 0.25) is 0 Å². The number of aldehydes is 1. The number of rotatable bonds is 11. The summed E-state index contributed by atoms with van der Waals surface area (Å²) in [7, 11) is 3.05. The first kappa shape index (κ1) is 28.6. The number of carbonyl (C=O) groups is 3. The van der Waals surface area contributed by atoms with Crippen molar-refractivity contribution < 1.29 is 38.8 Å². The van der Waals surface area contributed by atoms with Crippen LogP contribution in [-0.2, 0) is 16.0 Å². The Morgan fingerprint density at radius 1 is 1.15 bits per heavy atom. The van der Waals surface area contributed by atoms with Crippen LogP contribution >= 0.6 is 0 Å². The molecule has 2 aliphatic carbocycles. The molecule has 1 fully saturated rings. The van der Waals surface area contributed by atoms with E-state index in [-0.39, 0.29) is 25.0 Å². The number of hydrogen-bond donors (Lipinski definition) is 3. The van der Waals surface area contributed by atoms with Crippen LogP contribution in [0, 0.1) is 5.92 Å². The molecule has 0 saturated heterocycles. The molecule has 10 nitrogen and oxygen atoms in total. The second-order valence-corrected chi connectivity index (χ2v) is 10.6. The van der Waals surface area contributed by atoms with Gasteiger partial charge in [-0.2, -0.15) is 0 Å². The van der Waals surface area contributed by atoms with Gasteiger partial charge < -0.3 is 34.6 Å². The topological polar surface area (TPSA) is 135 Å². The highest BCUT2D eigenvalue weighted by Crippen LogP contribution is 2.51. The molecule has 4 unspecified atom stereocenters. The van der Waals surface area contributed by atoms with Gasteiger partial charge in [-0.05, 0) is 49.1 Å². The number of amides is 2. The van der Waals surface area contributed by atoms with Crippen molar-refractivity contribution in [1.29, 1.82) is 0 Å². The Bertz CT molecular complexity index is 1340. The van der Waals surface area contributed by atoms with Crippen LogP contribution in [0.4, 0.5) is 0 Å². The summed E-state index contributed by atoms with van der Waals surface area (Å²) in [6.07, 6.45) is 3.26. The number of benzene rings is 2. The maximum absolute atomic E-state index is 13.8. The lowest BCUT2D eigenvalue weighted by Crippen LogP contribution is -2.57. The zero-order valence-corrected chi connectivity index (χ0v) is 23.2. The van der Waals surface area contributed by atoms with Crippen LogP contribution in [0.15, 0.2) is 48.0 Å². The second kappa shape index (κ2) is 12.3. The number of ether oxygens (including phenoxy) is 3. The van der Waals surface area contributed by atoms with E-state index < -0.39 is 30.1 Å². The molecule has 0 spiro atoms. The number of methoxy groups -OCH3 is 2. The zero-order valence-electron chi connectivity index (χ0n) is 23.2. The van der Waals surface area contributed by atoms with Gasteiger partial charge in [0.15, 0.2) is 11.5 Å². The Hall–Kier alpha value is -3.89. The normalized spacial score (nSPS) is 22.8. The fourth-order valence-electron chi connectivity index (χ4n) is 6.00. The standard InChI is InChI=1S/C31H36N2O8/c1-39-24-9-4-3-6-19(24)10-12-33(31(38)20-7-5-8-20)23-16-22(30(37)32-11-13-34)26-21-14-18(17-35)15-25(40-2)28(21)41-29(26)27(23)36/h3-4,6,9,14-17,20,23,26-27,29,34,36H,5,7-8,10-13H2,1-2H3,(H,32,37). The van der Waals surface area contributed by atoms with Crippen molar-refractivity contribution in [2.45, 2.75) is 49.9 Å². The van der Waals surface area contributed by atoms with E-state index in [1.54, 1.807) is 30.2 Å². The zero-order chi connectivity index (χ0) is 29.1. The van der Waals surface area contributed by atoms with E-state index in [4.69, 9.17) is 14.2 Å². The van der Waals surface area contributed by atoms with Crippen LogP contribution in [0.3, 0.4) is 0 Å². The van der Waals surface area contributed by atoms with E-state index in [1.807, 2.05) is 24.3 Å². The van der Waals surface area contributed by atoms with Crippen LogP contribution in [-0.4, -0.2) is 85.4 Å². The summed E-state index contributed by atoms with van der Waals surface area (Å²) >= 11 is 0. The summed E-state index contributed by atoms with van der Waals surface area (Å²) in [5.41, 5.74) is 2.11. The van der Waals surface area contributed by atoms with Gasteiger partial charge in [-0.15, -0.1) is 0 Å². The summed E-state index contributed by atoms with van der Waals surface area (Å²) < 4.78 is 17.3. The molecule has 0 radical (unpaired) electrons. The largest absolute Gasteiger partial charge is 0.496 e. The molecule has 1 aliphatic heterocycles. The third-order valence-electron chi connectivity index (χ3n) is 8.32. The fraction of sp³-hybridized carbons (Fsp3) is 0.452. The van der Waals surface area contributed by atoms with E-state index in [0.29, 0.717) is 53.2 Å². The number of fused-ring (bicyclic) bond motifs is 3. The van der Waals surface area contributed by atoms with E-state index in [0.717, 1.165) is 24.8 Å². The first-order chi connectivity index (χ1) is 19.9. The minimum absolute atomic E-state index is 0.0325. The Balaban J connectivity index is 1.56. The van der Waals surface area contributed by atoms with Gasteiger partial charge in [-0.3, -0.25) is 14.4 Å². The number of hydrogen-bond acceptors (Lipinski definition) is 8. The maximum Gasteiger partial charge on any atom is 0.247 e. The van der Waals surface area contributed by atoms with E-state index in [2.05, 4.69) is 5.32 Å². The Morgan fingerprint density at radius 3 is 2.56 bits per heavy atom. The molecule has 4 atom stereocenters. The fourth-order valence-corrected chi connectivity index (χ4v) is 6.00. The molecule has 0 bridgehead atoms. The van der Waals surface area contributed by atoms with E-state index >= 15 is 0 Å². The number of aliphatic hydroxyl groups excluding tert-OH is 2. The molecule has 41 heavy (non-hydrogen) atoms. The number of aliphatic hydroxyl groups is 2. The molecule has 10 heteroatoms. The minimum atomic E-state index is -1.17. The molecular formula is C31H36N2O8. The number of nitrogens with zero attached hydrogens (tertiary/aromatic N) is 1. The Labute approximate surface area is 238 Å². The molecule has 3 N–H and O–H groups in total. The number of carbonyl (C=O) groups excluding carboxylic acids is 3. The summed E-state index contributed by atoms with van der Waals surface area (Å²) in [4.78, 5) is 40.6. The molecule has 2 amide bonds. The van der Waals surface area contributed by atoms with Crippen LogP contribution < -0.4 is 19.5 Å². The lowest BCUT2D eigenvalue weighted by molar-refractivity contribution is -0.144. The summed E-state index contributed by atoms with van der Waals surface area (Å²) in [5, 5.41) is 23.9. The lowest BCUT2D eigenvalue weighted by atomic mass is 9.76. The van der Waals surface area contributed by atoms with Crippen molar-refractivity contribution >= 4 is 18.1 Å². The maximum atomic E-state index is 13.8. The van der Waals surface area contributed by atoms with Crippen molar-refractivity contribution in [2.24, 2.45) is 5.92 Å². The van der Waals surface area contributed by atoms with Gasteiger partial charge in [0.2, 0.25) is 11.8 Å². The molecule has 2 aromatic carbocycles. The van der Waals surface area contributed by atoms with E-state index in [9.17, 15) is 24.6 Å². The second-order valence-electron chi connectivity index (χ2n) is 10.6. The predicted octanol–water partition coefficient (Wildman–Crippen LogP) is 2.01. The Kier molecular flexibility index (Phi) is 8.60. The van der Waals surface area contributed by atoms with Gasteiger partial charge in [0.1, 0.15) is 24.2 Å². The predicted molar refractivity (Wildman–Crippen MR) is 149 cm³/mol. The molecule has 2 aromatic rings. The van der Waals surface area contributed by atoms with Crippen molar-refractivity contribution in [3.05, 3.63) is 64.7 Å². The average Bonchev–Trinajstić information content (AvgIpc) is 3.35. The van der Waals surface area contributed by atoms with Gasteiger partial charge in [0.25, 0.3) is 0 Å². The first-order valence-corrected chi connectivity index (χ1v) is 14.0. The molecule has 0 aromatic heterocycles. The van der Waals surface area contributed by atoms with Crippen LogP contribution in [0.25, 0.3) is 0 Å². The van der Waals surface area contributed by atoms with Gasteiger partial charge in [0.05, 0.1) is 32.8 Å². The smallest absolute Gasteiger partial charge is 0.247 e. The lowest BCUT2D eigenvalue weighted by Gasteiger charge is -2.43. The molecule has 5 rings (SSSR count). The highest BCUT2D eigenvalue weighted by Gasteiger charge is 2.52. The third kappa shape index (κ3) is 5.41. The van der Waals surface area contributed by atoms with Crippen molar-refractivity contribution in [2.75, 3.05) is 33.9 Å². The van der Waals surface area contributed by atoms with Crippen molar-refractivity contribution in [1.82, 2.24) is 10.2 Å². The van der Waals surface area contributed by atoms with Crippen molar-refractivity contribution in [3.63, 3.8) is 0 Å². The molecule has 3 aliphatic rings. The van der Waals surface area contributed by atoms with Crippen LogP contribution in [0.5, 0.6) is 17.2 Å². The minimum Gasteiger partial charge on any atom is -0.496 e. The van der Waals surface area contributed by atoms with Gasteiger partial charge in [-0.1, -0.05) is 24.6 Å². The van der Waals surface area contributed by atoms with E-state index in [1.165, 1.54) is 7.11 Å². The summed E-state index contributed by atoms with van der Waals surface area (Å²) in [6, 6.07) is 9.92. The number of nitrogens with one attached hydrogen (secondary N) is 1. The monoisotopic (exact) mass is 564 g/mol. The van der Waals surface area contributed by atoms with Gasteiger partial charge in [0, 0.05) is 35.7 Å². The highest BCUT2D eigenvalue weighted by atomic mass is 16.5. The van der Waals surface area contributed by atoms with Crippen LogP contribution in [0.1, 0.15) is 46.7 Å². The van der Waals surface area contributed by atoms with Crippen molar-refractivity contribution in [3.8, 4) is 17.2 Å². The SMILES string of the molecule is COc1ccccc1CCN(C(=O)C1CCC1)C1C=C(C(=O)NCCO)C2c3cc(C=O)cc(OC)c3OC2C1O. The Morgan fingerprint density at radius 2 is 1.90 bits per heavy atom. The van der Waals surface area contributed by atoms with Gasteiger partial charge in [-0.25, -0.2) is 0 Å². The number of para-hydroxylation sites is 1. The molecular weight excluding hydrogens is 528 g/mol. The first-order valence-electron chi connectivity index (χ1n) is 14.0. The summed E-state index contributed by atoms with van der Waals surface area (Å²) in [5.74, 6) is -0.000689. The highest BCUT2D eigenvalue weighted by molar-refractivity contribution is 5.96. The molecule has 1 heterocycles. The molecule has 218 valence electrons. The third-order valence-corrected chi connectivity index (χ3v) is 8.32. The quantitative estimate of drug-likeness (QED) is 0.353. The summed E-state index contributed by atoms with van der Waals surface area (Å²) in [6.45, 7) is 0.0771. The average molecular weight is 565 g/mol. The van der Waals surface area contributed by atoms with Gasteiger partial charge >= 0.3 is 0 Å².